The molecule has 2 aromatic heterocycles. The summed E-state index contributed by atoms with van der Waals surface area (Å²) in [5.41, 5.74) is 3.32. The predicted molar refractivity (Wildman–Crippen MR) is 236 cm³/mol. The molecule has 8 rings (SSSR count). The number of aromatic nitrogens is 2. The number of halogens is 2. The van der Waals surface area contributed by atoms with E-state index in [9.17, 15) is 25.6 Å². The van der Waals surface area contributed by atoms with Crippen molar-refractivity contribution in [3.05, 3.63) is 107 Å². The van der Waals surface area contributed by atoms with E-state index in [1.807, 2.05) is 47.2 Å². The van der Waals surface area contributed by atoms with Gasteiger partial charge < -0.3 is 28.7 Å². The molecule has 4 aromatic carbocycles. The second kappa shape index (κ2) is 19.3. The highest BCUT2D eigenvalue weighted by Gasteiger charge is 2.31. The van der Waals surface area contributed by atoms with E-state index in [-0.39, 0.29) is 9.79 Å². The number of ether oxygens (including phenoxy) is 4. The van der Waals surface area contributed by atoms with Crippen molar-refractivity contribution in [2.75, 3.05) is 90.6 Å². The molecule has 14 nitrogen and oxygen atoms in total. The van der Waals surface area contributed by atoms with E-state index in [0.717, 1.165) is 44.9 Å². The van der Waals surface area contributed by atoms with Crippen LogP contribution < -0.4 is 28.7 Å². The summed E-state index contributed by atoms with van der Waals surface area (Å²) in [4.78, 5) is 13.5. The zero-order valence-electron chi connectivity index (χ0n) is 34.2. The molecule has 2 saturated heterocycles. The summed E-state index contributed by atoms with van der Waals surface area (Å²) in [6, 6.07) is 21.4. The first-order valence-corrected chi connectivity index (χ1v) is 23.9. The molecule has 0 spiro atoms. The van der Waals surface area contributed by atoms with Crippen LogP contribution in [0.15, 0.2) is 105 Å². The Bertz CT molecular complexity index is 2720. The van der Waals surface area contributed by atoms with Gasteiger partial charge in [-0.1, -0.05) is 12.1 Å². The van der Waals surface area contributed by atoms with E-state index < -0.39 is 31.7 Å². The molecule has 2 aliphatic rings. The number of methoxy groups -OCH3 is 4. The molecule has 0 amide bonds. The molecule has 4 heterocycles. The molecule has 6 aromatic rings. The van der Waals surface area contributed by atoms with Crippen molar-refractivity contribution in [1.82, 2.24) is 18.6 Å². The lowest BCUT2D eigenvalue weighted by Crippen LogP contribution is -2.48. The minimum absolute atomic E-state index is 0.0223. The minimum Gasteiger partial charge on any atom is -0.497 e. The Labute approximate surface area is 367 Å². The van der Waals surface area contributed by atoms with E-state index in [0.29, 0.717) is 75.4 Å². The first-order chi connectivity index (χ1) is 29.8. The molecule has 0 aliphatic carbocycles. The molecule has 0 atom stereocenters. The third-order valence-corrected chi connectivity index (χ3v) is 15.8. The van der Waals surface area contributed by atoms with Crippen LogP contribution >= 0.6 is 22.7 Å². The maximum atomic E-state index is 13.5. The Morgan fingerprint density at radius 3 is 1.50 bits per heavy atom. The summed E-state index contributed by atoms with van der Waals surface area (Å²) in [6.45, 7) is 3.23. The van der Waals surface area contributed by atoms with Crippen LogP contribution in [0.4, 0.5) is 19.0 Å². The van der Waals surface area contributed by atoms with Gasteiger partial charge in [0, 0.05) is 74.2 Å². The largest absolute Gasteiger partial charge is 0.497 e. The van der Waals surface area contributed by atoms with Crippen molar-refractivity contribution in [3.8, 4) is 45.5 Å². The van der Waals surface area contributed by atoms with E-state index in [1.165, 1.54) is 67.7 Å². The van der Waals surface area contributed by atoms with Crippen molar-refractivity contribution >= 4 is 53.0 Å². The topological polar surface area (TPSA) is 144 Å². The summed E-state index contributed by atoms with van der Waals surface area (Å²) in [7, 11) is -1.05. The Kier molecular flexibility index (Phi) is 13.9. The van der Waals surface area contributed by atoms with Gasteiger partial charge in [0.2, 0.25) is 20.0 Å². The third kappa shape index (κ3) is 9.79. The molecule has 0 saturated carbocycles. The van der Waals surface area contributed by atoms with Crippen molar-refractivity contribution in [1.29, 1.82) is 0 Å². The minimum atomic E-state index is -3.73. The van der Waals surface area contributed by atoms with Gasteiger partial charge in [-0.2, -0.15) is 8.61 Å². The molecule has 2 fully saturated rings. The average molecular weight is 927 g/mol. The van der Waals surface area contributed by atoms with Crippen LogP contribution in [0, 0.1) is 11.6 Å². The average Bonchev–Trinajstić information content (AvgIpc) is 4.01. The van der Waals surface area contributed by atoms with Crippen molar-refractivity contribution < 1.29 is 44.6 Å². The van der Waals surface area contributed by atoms with Crippen LogP contribution in [0.25, 0.3) is 22.5 Å². The van der Waals surface area contributed by atoms with Gasteiger partial charge in [-0.05, 0) is 72.8 Å². The van der Waals surface area contributed by atoms with Gasteiger partial charge in [0.15, 0.2) is 21.8 Å². The Balaban J connectivity index is 0.000000186. The fraction of sp³-hybridized carbons (Fsp3) is 0.286. The molecule has 62 heavy (non-hydrogen) atoms. The highest BCUT2D eigenvalue weighted by atomic mass is 32.2. The monoisotopic (exact) mass is 926 g/mol. The number of thiazole rings is 2. The number of benzene rings is 4. The molecule has 0 radical (unpaired) electrons. The van der Waals surface area contributed by atoms with Crippen molar-refractivity contribution in [2.45, 2.75) is 9.79 Å². The van der Waals surface area contributed by atoms with Crippen LogP contribution in [-0.2, 0) is 20.0 Å². The van der Waals surface area contributed by atoms with Gasteiger partial charge in [0.25, 0.3) is 0 Å². The Hall–Kier alpha value is -5.38. The summed E-state index contributed by atoms with van der Waals surface area (Å²) >= 11 is 3.00. The number of hydrogen-bond donors (Lipinski definition) is 0. The van der Waals surface area contributed by atoms with Crippen LogP contribution in [0.2, 0.25) is 0 Å². The fourth-order valence-electron chi connectivity index (χ4n) is 6.88. The third-order valence-electron chi connectivity index (χ3n) is 10.2. The van der Waals surface area contributed by atoms with Crippen molar-refractivity contribution in [3.63, 3.8) is 0 Å². The first-order valence-electron chi connectivity index (χ1n) is 19.2. The number of hydrogen-bond acceptors (Lipinski definition) is 14. The normalized spacial score (nSPS) is 15.1. The molecule has 2 aliphatic heterocycles. The maximum Gasteiger partial charge on any atom is 0.243 e. The molecular formula is C42H44F2N6O8S4. The summed E-state index contributed by atoms with van der Waals surface area (Å²) in [5.74, 6) is 1.56. The zero-order chi connectivity index (χ0) is 44.0. The van der Waals surface area contributed by atoms with Crippen molar-refractivity contribution in [2.24, 2.45) is 0 Å². The molecule has 328 valence electrons. The fourth-order valence-corrected chi connectivity index (χ4v) is 11.6. The van der Waals surface area contributed by atoms with E-state index in [2.05, 4.69) is 9.80 Å². The van der Waals surface area contributed by atoms with Gasteiger partial charge >= 0.3 is 0 Å². The summed E-state index contributed by atoms with van der Waals surface area (Å²) in [5, 5.41) is 5.55. The van der Waals surface area contributed by atoms with Crippen LogP contribution in [0.3, 0.4) is 0 Å². The van der Waals surface area contributed by atoms with Crippen LogP contribution in [0.1, 0.15) is 0 Å². The second-order valence-corrected chi connectivity index (χ2v) is 19.4. The molecule has 0 bridgehead atoms. The molecular weight excluding hydrogens is 883 g/mol. The smallest absolute Gasteiger partial charge is 0.243 e. The highest BCUT2D eigenvalue weighted by Crippen LogP contribution is 2.37. The van der Waals surface area contributed by atoms with Gasteiger partial charge in [-0.25, -0.2) is 35.6 Å². The van der Waals surface area contributed by atoms with Crippen LogP contribution in [0.5, 0.6) is 23.0 Å². The van der Waals surface area contributed by atoms with E-state index >= 15 is 0 Å². The molecule has 20 heteroatoms. The Morgan fingerprint density at radius 2 is 1.02 bits per heavy atom. The number of anilines is 2. The van der Waals surface area contributed by atoms with Crippen LogP contribution in [-0.4, -0.2) is 116 Å². The number of nitrogens with zero attached hydrogens (tertiary/aromatic N) is 6. The number of sulfonamides is 2. The lowest BCUT2D eigenvalue weighted by atomic mass is 10.1. The number of piperazine rings is 2. The van der Waals surface area contributed by atoms with Gasteiger partial charge in [0.05, 0.1) is 49.6 Å². The molecule has 0 unspecified atom stereocenters. The zero-order valence-corrected chi connectivity index (χ0v) is 37.5. The number of rotatable bonds is 12. The second-order valence-electron chi connectivity index (χ2n) is 13.9. The predicted octanol–water partition coefficient (Wildman–Crippen LogP) is 6.95. The quantitative estimate of drug-likeness (QED) is 0.125. The summed E-state index contributed by atoms with van der Waals surface area (Å²) in [6.07, 6.45) is 0. The standard InChI is InChI=1S/2C21H22FN3O4S2/c1-28-19-7-6-15(12-20(19)29-2)18-14-30-21(23-18)24-8-10-25(11-9-24)31(26,27)17-5-3-4-16(22)13-17;1-28-16-6-7-20(29-2)18(13-16)19-14-30-21(23-19)24-8-10-25(11-9-24)31(26,27)17-5-3-4-15(22)12-17/h2*3-7,12-14H,8-11H2,1-2H3. The van der Waals surface area contributed by atoms with E-state index in [1.54, 1.807) is 28.4 Å². The maximum absolute atomic E-state index is 13.5. The summed E-state index contributed by atoms with van der Waals surface area (Å²) < 4.78 is 102. The Morgan fingerprint density at radius 1 is 0.532 bits per heavy atom. The van der Waals surface area contributed by atoms with E-state index in [4.69, 9.17) is 28.9 Å². The molecule has 0 N–H and O–H groups in total. The van der Waals surface area contributed by atoms with Gasteiger partial charge in [0.1, 0.15) is 23.1 Å². The highest BCUT2D eigenvalue weighted by molar-refractivity contribution is 7.89. The van der Waals surface area contributed by atoms with Gasteiger partial charge in [-0.3, -0.25) is 0 Å². The lowest BCUT2D eigenvalue weighted by Gasteiger charge is -2.33. The van der Waals surface area contributed by atoms with Gasteiger partial charge in [-0.15, -0.1) is 22.7 Å². The SMILES string of the molecule is COc1ccc(-c2csc(N3CCN(S(=O)(=O)c4cccc(F)c4)CC3)n2)cc1OC.COc1ccc(OC)c(-c2csc(N3CCN(S(=O)(=O)c4cccc(F)c4)CC3)n2)c1. The first kappa shape index (κ1) is 44.7. The lowest BCUT2D eigenvalue weighted by molar-refractivity contribution is 0.355.